The maximum absolute atomic E-state index is 13.2. The SMILES string of the molecule is CCC(C(=O)OC)C(=O)c1cc(C)cc(F)c1. The molecule has 0 spiro atoms. The highest BCUT2D eigenvalue weighted by Crippen LogP contribution is 2.16. The van der Waals surface area contributed by atoms with E-state index in [1.54, 1.807) is 19.9 Å². The maximum atomic E-state index is 13.2. The number of rotatable bonds is 4. The number of benzene rings is 1. The summed E-state index contributed by atoms with van der Waals surface area (Å²) in [5, 5.41) is 0. The average molecular weight is 238 g/mol. The molecule has 0 saturated carbocycles. The molecule has 1 rings (SSSR count). The largest absolute Gasteiger partial charge is 0.468 e. The molecule has 0 heterocycles. The monoisotopic (exact) mass is 238 g/mol. The number of halogens is 1. The fourth-order valence-electron chi connectivity index (χ4n) is 1.68. The molecule has 4 heteroatoms. The topological polar surface area (TPSA) is 43.4 Å². The lowest BCUT2D eigenvalue weighted by Gasteiger charge is -2.11. The van der Waals surface area contributed by atoms with E-state index in [0.29, 0.717) is 12.0 Å². The molecule has 0 aliphatic heterocycles. The zero-order chi connectivity index (χ0) is 13.0. The third-order valence-electron chi connectivity index (χ3n) is 2.54. The Morgan fingerprint density at radius 3 is 2.47 bits per heavy atom. The lowest BCUT2D eigenvalue weighted by atomic mass is 9.94. The van der Waals surface area contributed by atoms with Crippen LogP contribution in [0.1, 0.15) is 29.3 Å². The van der Waals surface area contributed by atoms with Crippen molar-refractivity contribution >= 4 is 11.8 Å². The Labute approximate surface area is 99.6 Å². The molecule has 0 N–H and O–H groups in total. The molecule has 0 fully saturated rings. The molecular formula is C13H15FO3. The van der Waals surface area contributed by atoms with Crippen LogP contribution >= 0.6 is 0 Å². The van der Waals surface area contributed by atoms with Crippen molar-refractivity contribution in [3.05, 3.63) is 35.1 Å². The molecule has 0 saturated heterocycles. The minimum Gasteiger partial charge on any atom is -0.468 e. The van der Waals surface area contributed by atoms with Gasteiger partial charge in [-0.2, -0.15) is 0 Å². The first-order valence-electron chi connectivity index (χ1n) is 5.38. The molecule has 0 amide bonds. The quantitative estimate of drug-likeness (QED) is 0.460. The molecule has 17 heavy (non-hydrogen) atoms. The summed E-state index contributed by atoms with van der Waals surface area (Å²) in [4.78, 5) is 23.4. The third-order valence-corrected chi connectivity index (χ3v) is 2.54. The molecule has 0 aromatic heterocycles. The standard InChI is InChI=1S/C13H15FO3/c1-4-11(13(16)17-3)12(15)9-5-8(2)6-10(14)7-9/h5-7,11H,4H2,1-3H3. The summed E-state index contributed by atoms with van der Waals surface area (Å²) in [6, 6.07) is 4.04. The molecule has 1 atom stereocenters. The lowest BCUT2D eigenvalue weighted by molar-refractivity contribution is -0.143. The number of carbonyl (C=O) groups excluding carboxylic acids is 2. The summed E-state index contributed by atoms with van der Waals surface area (Å²) < 4.78 is 17.7. The third kappa shape index (κ3) is 3.12. The van der Waals surface area contributed by atoms with Crippen LogP contribution in [0.2, 0.25) is 0 Å². The van der Waals surface area contributed by atoms with Crippen molar-refractivity contribution in [2.24, 2.45) is 5.92 Å². The first-order chi connectivity index (χ1) is 7.99. The van der Waals surface area contributed by atoms with Crippen molar-refractivity contribution in [3.63, 3.8) is 0 Å². The van der Waals surface area contributed by atoms with E-state index in [-0.39, 0.29) is 5.56 Å². The van der Waals surface area contributed by atoms with E-state index in [2.05, 4.69) is 4.74 Å². The van der Waals surface area contributed by atoms with E-state index >= 15 is 0 Å². The zero-order valence-corrected chi connectivity index (χ0v) is 10.1. The molecule has 1 unspecified atom stereocenters. The van der Waals surface area contributed by atoms with Crippen LogP contribution in [0.4, 0.5) is 4.39 Å². The van der Waals surface area contributed by atoms with Crippen LogP contribution in [0, 0.1) is 18.7 Å². The number of aryl methyl sites for hydroxylation is 1. The van der Waals surface area contributed by atoms with Crippen molar-refractivity contribution in [1.29, 1.82) is 0 Å². The molecule has 92 valence electrons. The highest BCUT2D eigenvalue weighted by atomic mass is 19.1. The maximum Gasteiger partial charge on any atom is 0.316 e. The lowest BCUT2D eigenvalue weighted by Crippen LogP contribution is -2.25. The molecule has 0 aliphatic rings. The summed E-state index contributed by atoms with van der Waals surface area (Å²) in [5.41, 5.74) is 0.854. The fourth-order valence-corrected chi connectivity index (χ4v) is 1.68. The van der Waals surface area contributed by atoms with Gasteiger partial charge in [-0.15, -0.1) is 0 Å². The summed E-state index contributed by atoms with van der Waals surface area (Å²) in [7, 11) is 1.23. The highest BCUT2D eigenvalue weighted by molar-refractivity contribution is 6.08. The van der Waals surface area contributed by atoms with Crippen molar-refractivity contribution in [1.82, 2.24) is 0 Å². The van der Waals surface area contributed by atoms with Gasteiger partial charge in [0.25, 0.3) is 0 Å². The van der Waals surface area contributed by atoms with Crippen LogP contribution in [0.5, 0.6) is 0 Å². The average Bonchev–Trinajstić information content (AvgIpc) is 2.28. The molecule has 1 aromatic rings. The predicted octanol–water partition coefficient (Wildman–Crippen LogP) is 2.52. The molecule has 0 radical (unpaired) electrons. The van der Waals surface area contributed by atoms with Gasteiger partial charge in [-0.05, 0) is 37.1 Å². The van der Waals surface area contributed by atoms with Crippen molar-refractivity contribution in [3.8, 4) is 0 Å². The molecule has 3 nitrogen and oxygen atoms in total. The smallest absolute Gasteiger partial charge is 0.316 e. The Morgan fingerprint density at radius 1 is 1.35 bits per heavy atom. The van der Waals surface area contributed by atoms with Crippen LogP contribution in [-0.2, 0) is 9.53 Å². The van der Waals surface area contributed by atoms with Gasteiger partial charge in [0.1, 0.15) is 11.7 Å². The molecule has 0 aliphatic carbocycles. The second-order valence-electron chi connectivity index (χ2n) is 3.87. The van der Waals surface area contributed by atoms with Gasteiger partial charge < -0.3 is 4.74 Å². The Bertz CT molecular complexity index is 420. The van der Waals surface area contributed by atoms with Crippen LogP contribution in [0.15, 0.2) is 18.2 Å². The Kier molecular flexibility index (Phi) is 4.37. The van der Waals surface area contributed by atoms with Gasteiger partial charge in [-0.25, -0.2) is 4.39 Å². The predicted molar refractivity (Wildman–Crippen MR) is 61.3 cm³/mol. The summed E-state index contributed by atoms with van der Waals surface area (Å²) >= 11 is 0. The summed E-state index contributed by atoms with van der Waals surface area (Å²) in [5.74, 6) is -2.32. The number of hydrogen-bond donors (Lipinski definition) is 0. The first-order valence-corrected chi connectivity index (χ1v) is 5.38. The number of esters is 1. The minimum atomic E-state index is -0.860. The summed E-state index contributed by atoms with van der Waals surface area (Å²) in [6.45, 7) is 3.41. The molecule has 1 aromatic carbocycles. The van der Waals surface area contributed by atoms with Crippen LogP contribution < -0.4 is 0 Å². The van der Waals surface area contributed by atoms with Gasteiger partial charge in [0.05, 0.1) is 7.11 Å². The van der Waals surface area contributed by atoms with Crippen molar-refractivity contribution in [2.75, 3.05) is 7.11 Å². The van der Waals surface area contributed by atoms with E-state index in [4.69, 9.17) is 0 Å². The van der Waals surface area contributed by atoms with Gasteiger partial charge in [0.15, 0.2) is 5.78 Å². The van der Waals surface area contributed by atoms with E-state index in [9.17, 15) is 14.0 Å². The number of ether oxygens (including phenoxy) is 1. The molecular weight excluding hydrogens is 223 g/mol. The second kappa shape index (κ2) is 5.57. The van der Waals surface area contributed by atoms with Gasteiger partial charge in [-0.3, -0.25) is 9.59 Å². The van der Waals surface area contributed by atoms with Gasteiger partial charge in [0.2, 0.25) is 0 Å². The van der Waals surface area contributed by atoms with E-state index in [0.717, 1.165) is 6.07 Å². The normalized spacial score (nSPS) is 12.0. The van der Waals surface area contributed by atoms with E-state index in [1.807, 2.05) is 0 Å². The summed E-state index contributed by atoms with van der Waals surface area (Å²) in [6.07, 6.45) is 0.334. The fraction of sp³-hybridized carbons (Fsp3) is 0.385. The molecule has 0 bridgehead atoms. The Morgan fingerprint density at radius 2 is 2.00 bits per heavy atom. The number of Topliss-reactive ketones (excluding diaryl/α,β-unsaturated/α-hetero) is 1. The van der Waals surface area contributed by atoms with Gasteiger partial charge in [0, 0.05) is 5.56 Å². The first kappa shape index (κ1) is 13.4. The van der Waals surface area contributed by atoms with Crippen molar-refractivity contribution in [2.45, 2.75) is 20.3 Å². The second-order valence-corrected chi connectivity index (χ2v) is 3.87. The highest BCUT2D eigenvalue weighted by Gasteiger charge is 2.26. The van der Waals surface area contributed by atoms with E-state index in [1.165, 1.54) is 13.2 Å². The minimum absolute atomic E-state index is 0.208. The van der Waals surface area contributed by atoms with Crippen LogP contribution in [0.25, 0.3) is 0 Å². The number of methoxy groups -OCH3 is 1. The van der Waals surface area contributed by atoms with Crippen LogP contribution in [0.3, 0.4) is 0 Å². The zero-order valence-electron chi connectivity index (χ0n) is 10.1. The Hall–Kier alpha value is -1.71. The number of carbonyl (C=O) groups is 2. The van der Waals surface area contributed by atoms with Gasteiger partial charge >= 0.3 is 5.97 Å². The van der Waals surface area contributed by atoms with E-state index < -0.39 is 23.5 Å². The number of hydrogen-bond acceptors (Lipinski definition) is 3. The van der Waals surface area contributed by atoms with Crippen molar-refractivity contribution < 1.29 is 18.7 Å². The number of ketones is 1. The van der Waals surface area contributed by atoms with Crippen LogP contribution in [-0.4, -0.2) is 18.9 Å². The Balaban J connectivity index is 3.05. The van der Waals surface area contributed by atoms with Gasteiger partial charge in [-0.1, -0.05) is 6.92 Å².